The molecule has 0 radical (unpaired) electrons. The van der Waals surface area contributed by atoms with E-state index in [1.165, 1.54) is 12.1 Å². The molecule has 1 fully saturated rings. The highest BCUT2D eigenvalue weighted by molar-refractivity contribution is 6.14. The van der Waals surface area contributed by atoms with Crippen molar-refractivity contribution in [2.24, 2.45) is 5.10 Å². The summed E-state index contributed by atoms with van der Waals surface area (Å²) in [6.07, 6.45) is 3.08. The van der Waals surface area contributed by atoms with Gasteiger partial charge in [0, 0.05) is 63.5 Å². The van der Waals surface area contributed by atoms with Crippen molar-refractivity contribution in [1.82, 2.24) is 5.01 Å². The fourth-order valence-corrected chi connectivity index (χ4v) is 4.39. The van der Waals surface area contributed by atoms with E-state index in [9.17, 15) is 20.2 Å². The van der Waals surface area contributed by atoms with Crippen LogP contribution in [-0.2, 0) is 0 Å². The van der Waals surface area contributed by atoms with Crippen molar-refractivity contribution >= 4 is 28.5 Å². The van der Waals surface area contributed by atoms with Gasteiger partial charge in [0.2, 0.25) is 0 Å². The average molecular weight is 469 g/mol. The first-order valence-electron chi connectivity index (χ1n) is 11.3. The highest BCUT2D eigenvalue weighted by Gasteiger charge is 2.27. The average Bonchev–Trinajstić information content (AvgIpc) is 2.78. The summed E-state index contributed by atoms with van der Waals surface area (Å²) in [6.45, 7) is 4.21. The van der Waals surface area contributed by atoms with Gasteiger partial charge in [-0.25, -0.2) is 0 Å². The topological polar surface area (TPSA) is 108 Å². The van der Waals surface area contributed by atoms with Crippen molar-refractivity contribution in [2.75, 3.05) is 38.0 Å². The summed E-state index contributed by atoms with van der Waals surface area (Å²) < 4.78 is 0. The van der Waals surface area contributed by atoms with E-state index in [0.29, 0.717) is 28.2 Å². The molecule has 2 aromatic carbocycles. The fourth-order valence-electron chi connectivity index (χ4n) is 4.39. The van der Waals surface area contributed by atoms with Crippen LogP contribution in [0.15, 0.2) is 41.5 Å². The van der Waals surface area contributed by atoms with Crippen LogP contribution in [0, 0.1) is 20.2 Å². The number of anilines is 2. The molecule has 2 aromatic rings. The van der Waals surface area contributed by atoms with Crippen LogP contribution in [0.25, 0.3) is 0 Å². The molecule has 0 bridgehead atoms. The molecule has 0 N–H and O–H groups in total. The number of benzene rings is 2. The van der Waals surface area contributed by atoms with Gasteiger partial charge in [0.25, 0.3) is 11.4 Å². The van der Waals surface area contributed by atoms with Crippen LogP contribution in [0.1, 0.15) is 44.2 Å². The lowest BCUT2D eigenvalue weighted by molar-refractivity contribution is -0.384. The van der Waals surface area contributed by atoms with Crippen molar-refractivity contribution in [1.29, 1.82) is 0 Å². The van der Waals surface area contributed by atoms with Crippen LogP contribution < -0.4 is 9.80 Å². The van der Waals surface area contributed by atoms with Crippen molar-refractivity contribution in [3.63, 3.8) is 0 Å². The molecule has 1 saturated heterocycles. The molecule has 1 heterocycles. The van der Waals surface area contributed by atoms with E-state index in [2.05, 4.69) is 13.8 Å². The first-order valence-corrected chi connectivity index (χ1v) is 11.3. The van der Waals surface area contributed by atoms with Gasteiger partial charge in [-0.05, 0) is 45.2 Å². The molecule has 10 heteroatoms. The SMILES string of the molecule is CC1CCCC(C)N1N=C(c1ccc(N(C)C)c([N+](=O)[O-])c1)c1ccc(N(C)C)c([N+](=O)[O-])c1. The van der Waals surface area contributed by atoms with E-state index in [1.54, 1.807) is 62.3 Å². The Labute approximate surface area is 199 Å². The molecule has 1 aliphatic heterocycles. The van der Waals surface area contributed by atoms with E-state index >= 15 is 0 Å². The van der Waals surface area contributed by atoms with Gasteiger partial charge >= 0.3 is 0 Å². The van der Waals surface area contributed by atoms with E-state index in [1.807, 2.05) is 5.01 Å². The van der Waals surface area contributed by atoms with E-state index in [-0.39, 0.29) is 23.5 Å². The third kappa shape index (κ3) is 5.11. The molecule has 0 amide bonds. The van der Waals surface area contributed by atoms with Crippen molar-refractivity contribution in [3.8, 4) is 0 Å². The maximum absolute atomic E-state index is 11.8. The Kier molecular flexibility index (Phi) is 7.38. The van der Waals surface area contributed by atoms with Crippen LogP contribution in [0.2, 0.25) is 0 Å². The first-order chi connectivity index (χ1) is 16.0. The van der Waals surface area contributed by atoms with Crippen LogP contribution in [0.3, 0.4) is 0 Å². The maximum Gasteiger partial charge on any atom is 0.293 e. The summed E-state index contributed by atoms with van der Waals surface area (Å²) in [5.41, 5.74) is 2.40. The molecule has 0 spiro atoms. The van der Waals surface area contributed by atoms with Gasteiger partial charge < -0.3 is 9.80 Å². The van der Waals surface area contributed by atoms with E-state index in [4.69, 9.17) is 5.10 Å². The monoisotopic (exact) mass is 468 g/mol. The second-order valence-corrected chi connectivity index (χ2v) is 9.17. The van der Waals surface area contributed by atoms with Crippen molar-refractivity contribution in [3.05, 3.63) is 67.8 Å². The van der Waals surface area contributed by atoms with Gasteiger partial charge in [-0.3, -0.25) is 25.2 Å². The molecule has 1 aliphatic rings. The standard InChI is InChI=1S/C24H32N6O4/c1-16-8-7-9-17(2)28(16)25-24(18-10-12-20(26(3)4)22(14-18)29(31)32)19-11-13-21(27(5)6)23(15-19)30(33)34/h10-17H,7-9H2,1-6H3. The third-order valence-electron chi connectivity index (χ3n) is 6.22. The van der Waals surface area contributed by atoms with E-state index in [0.717, 1.165) is 19.3 Å². The van der Waals surface area contributed by atoms with Gasteiger partial charge in [0.1, 0.15) is 11.4 Å². The minimum atomic E-state index is -0.416. The summed E-state index contributed by atoms with van der Waals surface area (Å²) in [6, 6.07) is 10.3. The largest absolute Gasteiger partial charge is 0.372 e. The minimum absolute atomic E-state index is 0.0469. The summed E-state index contributed by atoms with van der Waals surface area (Å²) in [4.78, 5) is 26.2. The number of hydrogen-bond acceptors (Lipinski definition) is 8. The zero-order chi connectivity index (χ0) is 25.2. The molecule has 0 aliphatic carbocycles. The van der Waals surface area contributed by atoms with Gasteiger partial charge in [0.05, 0.1) is 15.6 Å². The van der Waals surface area contributed by atoms with Gasteiger partial charge in [-0.1, -0.05) is 12.1 Å². The summed E-state index contributed by atoms with van der Waals surface area (Å²) in [5, 5.41) is 30.6. The van der Waals surface area contributed by atoms with Crippen molar-refractivity contribution < 1.29 is 9.85 Å². The lowest BCUT2D eigenvalue weighted by Gasteiger charge is -2.37. The Hall–Kier alpha value is -3.69. The van der Waals surface area contributed by atoms with Crippen LogP contribution >= 0.6 is 0 Å². The summed E-state index contributed by atoms with van der Waals surface area (Å²) in [5.74, 6) is 0. The maximum atomic E-state index is 11.8. The van der Waals surface area contributed by atoms with Crippen LogP contribution in [-0.4, -0.2) is 60.8 Å². The second-order valence-electron chi connectivity index (χ2n) is 9.17. The smallest absolute Gasteiger partial charge is 0.293 e. The predicted molar refractivity (Wildman–Crippen MR) is 135 cm³/mol. The zero-order valence-corrected chi connectivity index (χ0v) is 20.6. The van der Waals surface area contributed by atoms with Crippen LogP contribution in [0.4, 0.5) is 22.7 Å². The molecular weight excluding hydrogens is 436 g/mol. The molecule has 2 unspecified atom stereocenters. The number of nitro groups is 2. The number of nitrogens with zero attached hydrogens (tertiary/aromatic N) is 6. The molecule has 2 atom stereocenters. The Bertz CT molecular complexity index is 1030. The minimum Gasteiger partial charge on any atom is -0.372 e. The van der Waals surface area contributed by atoms with E-state index < -0.39 is 9.85 Å². The first kappa shape index (κ1) is 24.9. The van der Waals surface area contributed by atoms with Gasteiger partial charge in [0.15, 0.2) is 0 Å². The summed E-state index contributed by atoms with van der Waals surface area (Å²) in [7, 11) is 6.99. The normalized spacial score (nSPS) is 17.8. The number of rotatable bonds is 7. The Morgan fingerprint density at radius 1 is 0.853 bits per heavy atom. The second kappa shape index (κ2) is 10.1. The Morgan fingerprint density at radius 2 is 1.26 bits per heavy atom. The molecule has 0 saturated carbocycles. The lowest BCUT2D eigenvalue weighted by atomic mass is 9.98. The molecule has 10 nitrogen and oxygen atoms in total. The molecule has 34 heavy (non-hydrogen) atoms. The number of piperidine rings is 1. The predicted octanol–water partition coefficient (Wildman–Crippen LogP) is 4.65. The fraction of sp³-hybridized carbons (Fsp3) is 0.458. The molecule has 0 aromatic heterocycles. The number of nitro benzene ring substituents is 2. The Balaban J connectivity index is 2.26. The summed E-state index contributed by atoms with van der Waals surface area (Å²) >= 11 is 0. The Morgan fingerprint density at radius 3 is 1.62 bits per heavy atom. The molecule has 182 valence electrons. The highest BCUT2D eigenvalue weighted by atomic mass is 16.6. The number of hydrazone groups is 1. The highest BCUT2D eigenvalue weighted by Crippen LogP contribution is 2.33. The quantitative estimate of drug-likeness (QED) is 0.330. The van der Waals surface area contributed by atoms with Gasteiger partial charge in [-0.2, -0.15) is 5.10 Å². The molecule has 3 rings (SSSR count). The zero-order valence-electron chi connectivity index (χ0n) is 20.6. The van der Waals surface area contributed by atoms with Crippen molar-refractivity contribution in [2.45, 2.75) is 45.2 Å². The lowest BCUT2D eigenvalue weighted by Crippen LogP contribution is -2.40. The third-order valence-corrected chi connectivity index (χ3v) is 6.22. The van der Waals surface area contributed by atoms with Gasteiger partial charge in [-0.15, -0.1) is 0 Å². The van der Waals surface area contributed by atoms with Crippen LogP contribution in [0.5, 0.6) is 0 Å². The number of hydrogen-bond donors (Lipinski definition) is 0. The molecular formula is C24H32N6O4.